The van der Waals surface area contributed by atoms with Gasteiger partial charge in [0, 0.05) is 12.1 Å². The first-order valence-corrected chi connectivity index (χ1v) is 8.24. The van der Waals surface area contributed by atoms with Gasteiger partial charge in [-0.1, -0.05) is 37.3 Å². The first-order chi connectivity index (χ1) is 13.0. The van der Waals surface area contributed by atoms with E-state index >= 15 is 0 Å². The number of imide groups is 1. The van der Waals surface area contributed by atoms with Gasteiger partial charge in [-0.15, -0.1) is 0 Å². The quantitative estimate of drug-likeness (QED) is 0.553. The van der Waals surface area contributed by atoms with Gasteiger partial charge < -0.3 is 0 Å². The Bertz CT molecular complexity index is 911. The van der Waals surface area contributed by atoms with E-state index < -0.39 is 22.3 Å². The number of non-ortho nitro benzene ring substituents is 1. The van der Waals surface area contributed by atoms with Crippen LogP contribution in [0, 0.1) is 10.1 Å². The zero-order chi connectivity index (χ0) is 19.4. The normalized spacial score (nSPS) is 20.7. The fourth-order valence-electron chi connectivity index (χ4n) is 2.99. The largest absolute Gasteiger partial charge is 0.326 e. The van der Waals surface area contributed by atoms with Gasteiger partial charge in [-0.05, 0) is 24.1 Å². The number of nitro groups is 1. The van der Waals surface area contributed by atoms with Gasteiger partial charge in [0.05, 0.1) is 10.6 Å². The van der Waals surface area contributed by atoms with Crippen molar-refractivity contribution in [2.24, 2.45) is 5.10 Å². The Hall–Kier alpha value is -3.75. The molecular weight excluding hydrogens is 350 g/mol. The lowest BCUT2D eigenvalue weighted by Crippen LogP contribution is -2.64. The minimum Gasteiger partial charge on any atom is -0.293 e. The smallest absolute Gasteiger partial charge is 0.293 e. The molecule has 2 aromatic rings. The van der Waals surface area contributed by atoms with E-state index in [4.69, 9.17) is 0 Å². The van der Waals surface area contributed by atoms with E-state index in [1.807, 2.05) is 13.0 Å². The molecule has 0 bridgehead atoms. The predicted molar refractivity (Wildman–Crippen MR) is 99.2 cm³/mol. The molecule has 9 nitrogen and oxygen atoms in total. The Labute approximate surface area is 154 Å². The van der Waals surface area contributed by atoms with Crippen molar-refractivity contribution in [2.75, 3.05) is 5.43 Å². The van der Waals surface area contributed by atoms with E-state index in [1.54, 1.807) is 24.3 Å². The van der Waals surface area contributed by atoms with Crippen LogP contribution in [0.5, 0.6) is 0 Å². The lowest BCUT2D eigenvalue weighted by Gasteiger charge is -2.36. The summed E-state index contributed by atoms with van der Waals surface area (Å²) in [6, 6.07) is 14.0. The summed E-state index contributed by atoms with van der Waals surface area (Å²) in [5.74, 6) is -0.312. The number of benzene rings is 2. The molecule has 0 aromatic heterocycles. The van der Waals surface area contributed by atoms with Gasteiger partial charge in [-0.25, -0.2) is 4.79 Å². The maximum Gasteiger partial charge on any atom is 0.326 e. The second kappa shape index (κ2) is 7.24. The van der Waals surface area contributed by atoms with Crippen LogP contribution >= 0.6 is 0 Å². The lowest BCUT2D eigenvalue weighted by atomic mass is 9.75. The third-order valence-corrected chi connectivity index (χ3v) is 4.42. The molecule has 9 heteroatoms. The zero-order valence-electron chi connectivity index (χ0n) is 14.4. The maximum absolute atomic E-state index is 12.7. The Kier molecular flexibility index (Phi) is 4.84. The van der Waals surface area contributed by atoms with Crippen LogP contribution in [0.15, 0.2) is 59.7 Å². The first-order valence-electron chi connectivity index (χ1n) is 8.24. The molecule has 0 radical (unpaired) electrons. The van der Waals surface area contributed by atoms with Crippen molar-refractivity contribution in [3.63, 3.8) is 0 Å². The van der Waals surface area contributed by atoms with E-state index in [9.17, 15) is 19.7 Å². The van der Waals surface area contributed by atoms with Crippen LogP contribution in [0.4, 0.5) is 16.2 Å². The van der Waals surface area contributed by atoms with E-state index in [1.165, 1.54) is 24.3 Å². The molecule has 3 rings (SSSR count). The Balaban J connectivity index is 1.98. The summed E-state index contributed by atoms with van der Waals surface area (Å²) >= 11 is 0. The highest BCUT2D eigenvalue weighted by Crippen LogP contribution is 2.31. The highest BCUT2D eigenvalue weighted by atomic mass is 16.6. The van der Waals surface area contributed by atoms with Crippen LogP contribution < -0.4 is 16.1 Å². The monoisotopic (exact) mass is 367 g/mol. The highest BCUT2D eigenvalue weighted by Gasteiger charge is 2.48. The average molecular weight is 367 g/mol. The van der Waals surface area contributed by atoms with Crippen LogP contribution in [0.1, 0.15) is 18.9 Å². The molecule has 1 fully saturated rings. The highest BCUT2D eigenvalue weighted by molar-refractivity contribution is 6.24. The number of rotatable bonds is 5. The van der Waals surface area contributed by atoms with Crippen molar-refractivity contribution in [1.29, 1.82) is 0 Å². The Morgan fingerprint density at radius 1 is 1.07 bits per heavy atom. The van der Waals surface area contributed by atoms with Gasteiger partial charge in [0.25, 0.3) is 5.69 Å². The molecule has 1 aliphatic rings. The lowest BCUT2D eigenvalue weighted by molar-refractivity contribution is -0.384. The van der Waals surface area contributed by atoms with Crippen molar-refractivity contribution in [3.05, 3.63) is 70.3 Å². The van der Waals surface area contributed by atoms with Gasteiger partial charge in [-0.2, -0.15) is 5.10 Å². The second-order valence-electron chi connectivity index (χ2n) is 5.91. The fourth-order valence-corrected chi connectivity index (χ4v) is 2.99. The molecule has 1 heterocycles. The number of nitro benzene ring substituents is 1. The molecule has 0 aliphatic carbocycles. The average Bonchev–Trinajstić information content (AvgIpc) is 2.67. The van der Waals surface area contributed by atoms with Gasteiger partial charge in [0.1, 0.15) is 5.41 Å². The molecule has 0 saturated carbocycles. The summed E-state index contributed by atoms with van der Waals surface area (Å²) in [5.41, 5.74) is 2.70. The molecule has 1 aliphatic heterocycles. The van der Waals surface area contributed by atoms with Crippen molar-refractivity contribution < 1.29 is 14.5 Å². The van der Waals surface area contributed by atoms with E-state index in [0.29, 0.717) is 17.7 Å². The van der Waals surface area contributed by atoms with Crippen molar-refractivity contribution in [1.82, 2.24) is 10.6 Å². The van der Waals surface area contributed by atoms with Gasteiger partial charge in [0.15, 0.2) is 5.84 Å². The fraction of sp³-hybridized carbons (Fsp3) is 0.167. The number of hydrogen-bond acceptors (Lipinski definition) is 6. The zero-order valence-corrected chi connectivity index (χ0v) is 14.4. The van der Waals surface area contributed by atoms with Gasteiger partial charge in [-0.3, -0.25) is 31.0 Å². The standard InChI is InChI=1S/C18H17N5O4/c1-2-18(12-6-4-3-5-7-12)15(19-17(25)20-16(18)24)22-21-13-8-10-14(11-9-13)23(26)27/h3-11,21H,2H2,1H3,(H2,19,20,22,24,25). The number of hydrazone groups is 1. The molecule has 1 unspecified atom stereocenters. The number of hydrogen-bond donors (Lipinski definition) is 3. The summed E-state index contributed by atoms with van der Waals surface area (Å²) in [6.07, 6.45) is 0.365. The SMILES string of the molecule is CCC1(c2ccccc2)C(=O)NC(=O)N/C1=N\Nc1ccc([N+](=O)[O-])cc1. The summed E-state index contributed by atoms with van der Waals surface area (Å²) in [5, 5.41) is 19.9. The number of nitrogens with one attached hydrogen (secondary N) is 3. The maximum atomic E-state index is 12.7. The summed E-state index contributed by atoms with van der Waals surface area (Å²) in [4.78, 5) is 34.8. The van der Waals surface area contributed by atoms with Crippen LogP contribution in [0.3, 0.4) is 0 Å². The van der Waals surface area contributed by atoms with Crippen molar-refractivity contribution in [3.8, 4) is 0 Å². The van der Waals surface area contributed by atoms with Crippen LogP contribution in [0.2, 0.25) is 0 Å². The number of amides is 3. The van der Waals surface area contributed by atoms with E-state index in [2.05, 4.69) is 21.2 Å². The Morgan fingerprint density at radius 2 is 1.74 bits per heavy atom. The number of carbonyl (C=O) groups excluding carboxylic acids is 2. The van der Waals surface area contributed by atoms with Crippen LogP contribution in [-0.2, 0) is 10.2 Å². The molecule has 0 spiro atoms. The topological polar surface area (TPSA) is 126 Å². The molecule has 2 aromatic carbocycles. The van der Waals surface area contributed by atoms with Crippen molar-refractivity contribution >= 4 is 29.1 Å². The first kappa shape index (κ1) is 18.1. The Morgan fingerprint density at radius 3 is 2.33 bits per heavy atom. The molecule has 138 valence electrons. The summed E-state index contributed by atoms with van der Waals surface area (Å²) < 4.78 is 0. The molecule has 3 N–H and O–H groups in total. The van der Waals surface area contributed by atoms with Crippen molar-refractivity contribution in [2.45, 2.75) is 18.8 Å². The predicted octanol–water partition coefficient (Wildman–Crippen LogP) is 2.51. The molecule has 3 amide bonds. The summed E-state index contributed by atoms with van der Waals surface area (Å²) in [7, 11) is 0. The van der Waals surface area contributed by atoms with Crippen LogP contribution in [-0.4, -0.2) is 22.7 Å². The second-order valence-corrected chi connectivity index (χ2v) is 5.91. The molecule has 1 saturated heterocycles. The van der Waals surface area contributed by atoms with Crippen LogP contribution in [0.25, 0.3) is 0 Å². The van der Waals surface area contributed by atoms with E-state index in [-0.39, 0.29) is 11.5 Å². The number of anilines is 1. The number of amidine groups is 1. The van der Waals surface area contributed by atoms with Gasteiger partial charge in [0.2, 0.25) is 5.91 Å². The summed E-state index contributed by atoms with van der Waals surface area (Å²) in [6.45, 7) is 1.82. The molecular formula is C18H17N5O4. The number of carbonyl (C=O) groups is 2. The minimum absolute atomic E-state index is 0.0502. The van der Waals surface area contributed by atoms with Gasteiger partial charge >= 0.3 is 6.03 Å². The third kappa shape index (κ3) is 3.34. The molecule has 1 atom stereocenters. The molecule has 27 heavy (non-hydrogen) atoms. The third-order valence-electron chi connectivity index (χ3n) is 4.42. The minimum atomic E-state index is -1.16. The number of nitrogens with zero attached hydrogens (tertiary/aromatic N) is 2. The number of urea groups is 1. The van der Waals surface area contributed by atoms with E-state index in [0.717, 1.165) is 0 Å².